The molecule has 1 N–H and O–H groups in total. The van der Waals surface area contributed by atoms with Gasteiger partial charge >= 0.3 is 0 Å². The van der Waals surface area contributed by atoms with Gasteiger partial charge in [-0.25, -0.2) is 4.98 Å². The van der Waals surface area contributed by atoms with E-state index in [9.17, 15) is 0 Å². The lowest BCUT2D eigenvalue weighted by Crippen LogP contribution is -2.17. The highest BCUT2D eigenvalue weighted by Gasteiger charge is 2.23. The molecule has 1 aromatic rings. The minimum atomic E-state index is 0.0555. The molecule has 0 radical (unpaired) electrons. The Kier molecular flexibility index (Phi) is 4.46. The van der Waals surface area contributed by atoms with Gasteiger partial charge in [-0.15, -0.1) is 0 Å². The lowest BCUT2D eigenvalue weighted by atomic mass is 9.91. The predicted octanol–water partition coefficient (Wildman–Crippen LogP) is 3.28. The first-order valence-electron chi connectivity index (χ1n) is 7.34. The molecular formula is C16H26N2O. The SMILES string of the molecule is CCNCc1cc(OCC2CC2)nc(C(C)(C)C)c1. The molecule has 0 unspecified atom stereocenters. The molecule has 2 rings (SSSR count). The summed E-state index contributed by atoms with van der Waals surface area (Å²) in [6, 6.07) is 4.26. The second-order valence-electron chi connectivity index (χ2n) is 6.48. The third-order valence-electron chi connectivity index (χ3n) is 3.37. The van der Waals surface area contributed by atoms with Crippen LogP contribution in [0.15, 0.2) is 12.1 Å². The summed E-state index contributed by atoms with van der Waals surface area (Å²) in [6.07, 6.45) is 2.62. The number of nitrogens with zero attached hydrogens (tertiary/aromatic N) is 1. The van der Waals surface area contributed by atoms with Gasteiger partial charge < -0.3 is 10.1 Å². The van der Waals surface area contributed by atoms with Gasteiger partial charge in [0.05, 0.1) is 12.3 Å². The Balaban J connectivity index is 2.14. The Bertz CT molecular complexity index is 419. The Morgan fingerprint density at radius 1 is 1.32 bits per heavy atom. The molecule has 0 aromatic carbocycles. The summed E-state index contributed by atoms with van der Waals surface area (Å²) in [5.74, 6) is 1.55. The van der Waals surface area contributed by atoms with Crippen molar-refractivity contribution in [3.8, 4) is 5.88 Å². The fraction of sp³-hybridized carbons (Fsp3) is 0.688. The van der Waals surface area contributed by atoms with E-state index in [0.717, 1.165) is 37.2 Å². The molecule has 3 nitrogen and oxygen atoms in total. The van der Waals surface area contributed by atoms with Gasteiger partial charge in [0.25, 0.3) is 0 Å². The number of pyridine rings is 1. The molecule has 1 heterocycles. The molecule has 0 atom stereocenters. The molecule has 3 heteroatoms. The molecule has 106 valence electrons. The van der Waals surface area contributed by atoms with Crippen molar-refractivity contribution >= 4 is 0 Å². The van der Waals surface area contributed by atoms with Crippen molar-refractivity contribution in [1.82, 2.24) is 10.3 Å². The quantitative estimate of drug-likeness (QED) is 0.854. The number of hydrogen-bond acceptors (Lipinski definition) is 3. The fourth-order valence-electron chi connectivity index (χ4n) is 1.88. The molecule has 0 aliphatic heterocycles. The summed E-state index contributed by atoms with van der Waals surface area (Å²) in [4.78, 5) is 4.66. The van der Waals surface area contributed by atoms with Crippen molar-refractivity contribution in [2.75, 3.05) is 13.2 Å². The lowest BCUT2D eigenvalue weighted by Gasteiger charge is -2.20. The van der Waals surface area contributed by atoms with Gasteiger partial charge in [0.2, 0.25) is 5.88 Å². The van der Waals surface area contributed by atoms with Crippen LogP contribution in [0, 0.1) is 5.92 Å². The number of hydrogen-bond donors (Lipinski definition) is 1. The number of aromatic nitrogens is 1. The summed E-state index contributed by atoms with van der Waals surface area (Å²) < 4.78 is 5.85. The van der Waals surface area contributed by atoms with Gasteiger partial charge in [-0.3, -0.25) is 0 Å². The van der Waals surface area contributed by atoms with Crippen molar-refractivity contribution in [2.24, 2.45) is 5.92 Å². The summed E-state index contributed by atoms with van der Waals surface area (Å²) in [6.45, 7) is 11.4. The van der Waals surface area contributed by atoms with Gasteiger partial charge in [0, 0.05) is 18.0 Å². The third kappa shape index (κ3) is 4.50. The van der Waals surface area contributed by atoms with E-state index in [-0.39, 0.29) is 5.41 Å². The highest BCUT2D eigenvalue weighted by Crippen LogP contribution is 2.30. The van der Waals surface area contributed by atoms with E-state index >= 15 is 0 Å². The molecule has 1 aromatic heterocycles. The predicted molar refractivity (Wildman–Crippen MR) is 78.5 cm³/mol. The molecule has 1 aliphatic rings. The van der Waals surface area contributed by atoms with Gasteiger partial charge in [0.1, 0.15) is 0 Å². The summed E-state index contributed by atoms with van der Waals surface area (Å²) in [7, 11) is 0. The maximum absolute atomic E-state index is 5.85. The molecule has 1 fully saturated rings. The zero-order valence-corrected chi connectivity index (χ0v) is 12.6. The monoisotopic (exact) mass is 262 g/mol. The Hall–Kier alpha value is -1.09. The highest BCUT2D eigenvalue weighted by atomic mass is 16.5. The molecule has 1 saturated carbocycles. The van der Waals surface area contributed by atoms with E-state index in [0.29, 0.717) is 0 Å². The average molecular weight is 262 g/mol. The summed E-state index contributed by atoms with van der Waals surface area (Å²) in [5, 5.41) is 3.36. The molecule has 0 spiro atoms. The van der Waals surface area contributed by atoms with E-state index in [1.54, 1.807) is 0 Å². The summed E-state index contributed by atoms with van der Waals surface area (Å²) >= 11 is 0. The molecule has 0 bridgehead atoms. The Morgan fingerprint density at radius 2 is 2.05 bits per heavy atom. The lowest BCUT2D eigenvalue weighted by molar-refractivity contribution is 0.286. The van der Waals surface area contributed by atoms with E-state index in [1.165, 1.54) is 18.4 Å². The van der Waals surface area contributed by atoms with Gasteiger partial charge in [0.15, 0.2) is 0 Å². The molecular weight excluding hydrogens is 236 g/mol. The summed E-state index contributed by atoms with van der Waals surface area (Å²) in [5.41, 5.74) is 2.42. The van der Waals surface area contributed by atoms with Crippen LogP contribution < -0.4 is 10.1 Å². The largest absolute Gasteiger partial charge is 0.477 e. The number of rotatable bonds is 6. The fourth-order valence-corrected chi connectivity index (χ4v) is 1.88. The average Bonchev–Trinajstić information content (AvgIpc) is 3.16. The van der Waals surface area contributed by atoms with Crippen LogP contribution in [0.4, 0.5) is 0 Å². The van der Waals surface area contributed by atoms with Gasteiger partial charge in [-0.1, -0.05) is 27.7 Å². The Labute approximate surface area is 116 Å². The van der Waals surface area contributed by atoms with Crippen molar-refractivity contribution in [3.05, 3.63) is 23.4 Å². The van der Waals surface area contributed by atoms with Crippen LogP contribution in [-0.2, 0) is 12.0 Å². The maximum Gasteiger partial charge on any atom is 0.213 e. The second-order valence-corrected chi connectivity index (χ2v) is 6.48. The standard InChI is InChI=1S/C16H26N2O/c1-5-17-10-13-8-14(16(2,3)4)18-15(9-13)19-11-12-6-7-12/h8-9,12,17H,5-7,10-11H2,1-4H3. The zero-order valence-electron chi connectivity index (χ0n) is 12.6. The van der Waals surface area contributed by atoms with Crippen molar-refractivity contribution in [2.45, 2.75) is 52.5 Å². The van der Waals surface area contributed by atoms with E-state index in [1.807, 2.05) is 0 Å². The minimum Gasteiger partial charge on any atom is -0.477 e. The topological polar surface area (TPSA) is 34.1 Å². The van der Waals surface area contributed by atoms with Crippen LogP contribution in [0.1, 0.15) is 51.8 Å². The minimum absolute atomic E-state index is 0.0555. The van der Waals surface area contributed by atoms with Crippen LogP contribution in [0.25, 0.3) is 0 Å². The second kappa shape index (κ2) is 5.91. The van der Waals surface area contributed by atoms with Gasteiger partial charge in [-0.2, -0.15) is 0 Å². The third-order valence-corrected chi connectivity index (χ3v) is 3.37. The maximum atomic E-state index is 5.85. The van der Waals surface area contributed by atoms with Crippen LogP contribution in [-0.4, -0.2) is 18.1 Å². The van der Waals surface area contributed by atoms with Gasteiger partial charge in [-0.05, 0) is 36.9 Å². The first-order valence-corrected chi connectivity index (χ1v) is 7.34. The molecule has 0 saturated heterocycles. The first-order chi connectivity index (χ1) is 8.99. The van der Waals surface area contributed by atoms with Crippen LogP contribution in [0.2, 0.25) is 0 Å². The number of ether oxygens (including phenoxy) is 1. The normalized spacial score (nSPS) is 15.6. The van der Waals surface area contributed by atoms with Crippen LogP contribution >= 0.6 is 0 Å². The van der Waals surface area contributed by atoms with E-state index < -0.39 is 0 Å². The van der Waals surface area contributed by atoms with Crippen molar-refractivity contribution in [1.29, 1.82) is 0 Å². The van der Waals surface area contributed by atoms with E-state index in [2.05, 4.69) is 50.1 Å². The molecule has 1 aliphatic carbocycles. The van der Waals surface area contributed by atoms with Crippen molar-refractivity contribution < 1.29 is 4.74 Å². The van der Waals surface area contributed by atoms with Crippen LogP contribution in [0.5, 0.6) is 5.88 Å². The molecule has 19 heavy (non-hydrogen) atoms. The number of nitrogens with one attached hydrogen (secondary N) is 1. The smallest absolute Gasteiger partial charge is 0.213 e. The highest BCUT2D eigenvalue weighted by molar-refractivity contribution is 5.28. The Morgan fingerprint density at radius 3 is 2.63 bits per heavy atom. The first kappa shape index (κ1) is 14.3. The zero-order chi connectivity index (χ0) is 13.9. The molecule has 0 amide bonds. The van der Waals surface area contributed by atoms with E-state index in [4.69, 9.17) is 4.74 Å². The van der Waals surface area contributed by atoms with Crippen LogP contribution in [0.3, 0.4) is 0 Å². The van der Waals surface area contributed by atoms with Crippen molar-refractivity contribution in [3.63, 3.8) is 0 Å².